The first kappa shape index (κ1) is 16.8. The van der Waals surface area contributed by atoms with Gasteiger partial charge in [-0.15, -0.1) is 5.10 Å². The van der Waals surface area contributed by atoms with Crippen molar-refractivity contribution in [1.29, 1.82) is 0 Å². The van der Waals surface area contributed by atoms with Gasteiger partial charge in [0, 0.05) is 37.3 Å². The second kappa shape index (κ2) is 7.70. The van der Waals surface area contributed by atoms with Crippen molar-refractivity contribution in [1.82, 2.24) is 15.5 Å². The van der Waals surface area contributed by atoms with Crippen LogP contribution in [0.15, 0.2) is 54.7 Å². The number of ether oxygens (including phenoxy) is 1. The molecular weight excluding hydrogens is 324 g/mol. The van der Waals surface area contributed by atoms with Crippen molar-refractivity contribution in [3.63, 3.8) is 0 Å². The fourth-order valence-corrected chi connectivity index (χ4v) is 3.73. The molecule has 1 aromatic heterocycles. The molecule has 1 fully saturated rings. The number of nitrogens with one attached hydrogen (secondary N) is 1. The number of hydrogen-bond acceptors (Lipinski definition) is 5. The van der Waals surface area contributed by atoms with Gasteiger partial charge in [-0.3, -0.25) is 0 Å². The molecule has 4 rings (SSSR count). The van der Waals surface area contributed by atoms with Gasteiger partial charge < -0.3 is 15.0 Å². The number of anilines is 1. The number of fused-ring (bicyclic) bond motifs is 1. The second-order valence-corrected chi connectivity index (χ2v) is 6.72. The lowest BCUT2D eigenvalue weighted by Gasteiger charge is -2.33. The Morgan fingerprint density at radius 2 is 2.00 bits per heavy atom. The van der Waals surface area contributed by atoms with Crippen molar-refractivity contribution in [2.24, 2.45) is 0 Å². The number of hydrogen-bond donors (Lipinski definition) is 1. The summed E-state index contributed by atoms with van der Waals surface area (Å²) in [5, 5.41) is 14.4. The lowest BCUT2D eigenvalue weighted by Crippen LogP contribution is -2.45. The zero-order chi connectivity index (χ0) is 17.8. The molecule has 3 aromatic rings. The van der Waals surface area contributed by atoms with Crippen LogP contribution in [0, 0.1) is 0 Å². The molecule has 2 heterocycles. The highest BCUT2D eigenvalue weighted by Crippen LogP contribution is 2.28. The first-order chi connectivity index (χ1) is 12.8. The average molecular weight is 348 g/mol. The Morgan fingerprint density at radius 3 is 2.81 bits per heavy atom. The van der Waals surface area contributed by atoms with Crippen LogP contribution in [0.25, 0.3) is 10.8 Å². The van der Waals surface area contributed by atoms with Crippen LogP contribution in [0.4, 0.5) is 5.82 Å². The summed E-state index contributed by atoms with van der Waals surface area (Å²) < 4.78 is 5.50. The SMILES string of the molecule is COc1ccc(CNC2CCCN(c3cccnn3)C2)c2ccccc12. The maximum absolute atomic E-state index is 5.50. The Balaban J connectivity index is 1.47. The topological polar surface area (TPSA) is 50.3 Å². The molecule has 1 N–H and O–H groups in total. The molecule has 0 spiro atoms. The van der Waals surface area contributed by atoms with E-state index in [1.165, 1.54) is 22.8 Å². The Bertz CT molecular complexity index is 868. The molecule has 0 saturated carbocycles. The summed E-state index contributed by atoms with van der Waals surface area (Å²) in [6, 6.07) is 17.1. The number of piperidine rings is 1. The third kappa shape index (κ3) is 3.48. The van der Waals surface area contributed by atoms with Gasteiger partial charge in [0.25, 0.3) is 0 Å². The summed E-state index contributed by atoms with van der Waals surface area (Å²) >= 11 is 0. The van der Waals surface area contributed by atoms with Crippen LogP contribution in [0.3, 0.4) is 0 Å². The quantitative estimate of drug-likeness (QED) is 0.766. The number of methoxy groups -OCH3 is 1. The molecule has 5 heteroatoms. The number of benzene rings is 2. The molecule has 1 aliphatic rings. The highest BCUT2D eigenvalue weighted by atomic mass is 16.5. The summed E-state index contributed by atoms with van der Waals surface area (Å²) in [6.45, 7) is 2.86. The molecule has 0 amide bonds. The summed E-state index contributed by atoms with van der Waals surface area (Å²) in [6.07, 6.45) is 4.07. The van der Waals surface area contributed by atoms with E-state index in [-0.39, 0.29) is 0 Å². The normalized spacial score (nSPS) is 17.4. The Morgan fingerprint density at radius 1 is 1.12 bits per heavy atom. The van der Waals surface area contributed by atoms with E-state index in [0.29, 0.717) is 6.04 Å². The molecular formula is C21H24N4O. The van der Waals surface area contributed by atoms with Crippen molar-refractivity contribution < 1.29 is 4.74 Å². The minimum atomic E-state index is 0.451. The van der Waals surface area contributed by atoms with Gasteiger partial charge >= 0.3 is 0 Å². The molecule has 1 saturated heterocycles. The van der Waals surface area contributed by atoms with Gasteiger partial charge in [0.1, 0.15) is 5.75 Å². The van der Waals surface area contributed by atoms with Crippen molar-refractivity contribution in [2.45, 2.75) is 25.4 Å². The van der Waals surface area contributed by atoms with Gasteiger partial charge in [0.2, 0.25) is 0 Å². The summed E-state index contributed by atoms with van der Waals surface area (Å²) in [5.74, 6) is 1.89. The Hall–Kier alpha value is -2.66. The van der Waals surface area contributed by atoms with Gasteiger partial charge in [-0.05, 0) is 42.0 Å². The van der Waals surface area contributed by atoms with Crippen molar-refractivity contribution in [2.75, 3.05) is 25.1 Å². The van der Waals surface area contributed by atoms with E-state index >= 15 is 0 Å². The smallest absolute Gasteiger partial charge is 0.151 e. The predicted molar refractivity (Wildman–Crippen MR) is 105 cm³/mol. The van der Waals surface area contributed by atoms with Gasteiger partial charge in [-0.1, -0.05) is 30.3 Å². The van der Waals surface area contributed by atoms with Crippen LogP contribution in [0.2, 0.25) is 0 Å². The van der Waals surface area contributed by atoms with E-state index in [9.17, 15) is 0 Å². The summed E-state index contributed by atoms with van der Waals surface area (Å²) in [4.78, 5) is 2.32. The van der Waals surface area contributed by atoms with E-state index in [4.69, 9.17) is 4.74 Å². The van der Waals surface area contributed by atoms with E-state index in [1.807, 2.05) is 12.1 Å². The highest BCUT2D eigenvalue weighted by molar-refractivity contribution is 5.91. The molecule has 2 aromatic carbocycles. The lowest BCUT2D eigenvalue weighted by atomic mass is 10.0. The summed E-state index contributed by atoms with van der Waals surface area (Å²) in [7, 11) is 1.72. The fourth-order valence-electron chi connectivity index (χ4n) is 3.73. The molecule has 0 aliphatic carbocycles. The third-order valence-electron chi connectivity index (χ3n) is 5.08. The first-order valence-electron chi connectivity index (χ1n) is 9.16. The third-order valence-corrected chi connectivity index (χ3v) is 5.08. The van der Waals surface area contributed by atoms with Crippen LogP contribution in [-0.4, -0.2) is 36.4 Å². The second-order valence-electron chi connectivity index (χ2n) is 6.72. The molecule has 134 valence electrons. The van der Waals surface area contributed by atoms with Gasteiger partial charge in [-0.25, -0.2) is 0 Å². The molecule has 1 atom stereocenters. The van der Waals surface area contributed by atoms with Crippen LogP contribution in [-0.2, 0) is 6.54 Å². The maximum Gasteiger partial charge on any atom is 0.151 e. The maximum atomic E-state index is 5.50. The lowest BCUT2D eigenvalue weighted by molar-refractivity contribution is 0.417. The highest BCUT2D eigenvalue weighted by Gasteiger charge is 2.20. The van der Waals surface area contributed by atoms with E-state index in [1.54, 1.807) is 13.3 Å². The molecule has 26 heavy (non-hydrogen) atoms. The van der Waals surface area contributed by atoms with Crippen LogP contribution in [0.5, 0.6) is 5.75 Å². The minimum absolute atomic E-state index is 0.451. The molecule has 5 nitrogen and oxygen atoms in total. The number of aromatic nitrogens is 2. The zero-order valence-corrected chi connectivity index (χ0v) is 15.1. The van der Waals surface area contributed by atoms with Gasteiger partial charge in [-0.2, -0.15) is 5.10 Å². The van der Waals surface area contributed by atoms with E-state index < -0.39 is 0 Å². The minimum Gasteiger partial charge on any atom is -0.496 e. The summed E-state index contributed by atoms with van der Waals surface area (Å²) in [5.41, 5.74) is 1.30. The molecule has 0 bridgehead atoms. The van der Waals surface area contributed by atoms with E-state index in [0.717, 1.165) is 37.6 Å². The number of rotatable bonds is 5. The molecule has 0 radical (unpaired) electrons. The monoisotopic (exact) mass is 348 g/mol. The first-order valence-corrected chi connectivity index (χ1v) is 9.16. The number of nitrogens with zero attached hydrogens (tertiary/aromatic N) is 3. The predicted octanol–water partition coefficient (Wildman–Crippen LogP) is 3.40. The van der Waals surface area contributed by atoms with Crippen LogP contribution >= 0.6 is 0 Å². The van der Waals surface area contributed by atoms with Crippen LogP contribution < -0.4 is 15.0 Å². The largest absolute Gasteiger partial charge is 0.496 e. The fraction of sp³-hybridized carbons (Fsp3) is 0.333. The van der Waals surface area contributed by atoms with Gasteiger partial charge in [0.05, 0.1) is 7.11 Å². The van der Waals surface area contributed by atoms with Gasteiger partial charge in [0.15, 0.2) is 5.82 Å². The van der Waals surface area contributed by atoms with Crippen molar-refractivity contribution >= 4 is 16.6 Å². The average Bonchev–Trinajstić information content (AvgIpc) is 2.73. The molecule has 1 unspecified atom stereocenters. The standard InChI is InChI=1S/C21H24N4O/c1-26-20-11-10-16(18-7-2-3-8-19(18)20)14-22-17-6-5-13-25(15-17)21-9-4-12-23-24-21/h2-4,7-12,17,22H,5-6,13-15H2,1H3. The van der Waals surface area contributed by atoms with Crippen molar-refractivity contribution in [3.8, 4) is 5.75 Å². The molecule has 1 aliphatic heterocycles. The van der Waals surface area contributed by atoms with Crippen molar-refractivity contribution in [3.05, 3.63) is 60.3 Å². The Labute approximate surface area is 154 Å². The zero-order valence-electron chi connectivity index (χ0n) is 15.1. The van der Waals surface area contributed by atoms with Crippen LogP contribution in [0.1, 0.15) is 18.4 Å². The van der Waals surface area contributed by atoms with E-state index in [2.05, 4.69) is 56.8 Å². The Kier molecular flexibility index (Phi) is 4.97.